The molecule has 0 saturated carbocycles. The Balaban J connectivity index is 1.79. The number of carbonyl (C=O) groups excluding carboxylic acids is 1. The van der Waals surface area contributed by atoms with E-state index in [0.29, 0.717) is 17.2 Å². The van der Waals surface area contributed by atoms with E-state index >= 15 is 0 Å². The van der Waals surface area contributed by atoms with E-state index < -0.39 is 5.91 Å². The van der Waals surface area contributed by atoms with Crippen LogP contribution < -0.4 is 14.8 Å². The molecular weight excluding hydrogens is 338 g/mol. The molecule has 0 atom stereocenters. The summed E-state index contributed by atoms with van der Waals surface area (Å²) in [7, 11) is 3.00. The van der Waals surface area contributed by atoms with Crippen molar-refractivity contribution in [2.75, 3.05) is 19.5 Å². The number of nitrogens with one attached hydrogen (secondary N) is 1. The van der Waals surface area contributed by atoms with Crippen LogP contribution in [0.15, 0.2) is 34.9 Å². The lowest BCUT2D eigenvalue weighted by atomic mass is 10.1. The first-order valence-electron chi connectivity index (χ1n) is 7.94. The van der Waals surface area contributed by atoms with Gasteiger partial charge < -0.3 is 13.9 Å². The monoisotopic (exact) mass is 357 g/mol. The van der Waals surface area contributed by atoms with Crippen molar-refractivity contribution in [2.45, 2.75) is 19.9 Å². The molecule has 1 N–H and O–H groups in total. The number of hydrogen-bond acceptors (Lipinski definition) is 7. The smallest absolute Gasteiger partial charge is 0.322 e. The van der Waals surface area contributed by atoms with Crippen LogP contribution in [-0.2, 0) is 0 Å². The SMILES string of the molecule is COc1ccc(OC)c(C(=O)Nc2nnc(-c3ccn(C(C)C)n3)o2)c1. The molecule has 0 bridgehead atoms. The van der Waals surface area contributed by atoms with Crippen molar-refractivity contribution in [3.63, 3.8) is 0 Å². The summed E-state index contributed by atoms with van der Waals surface area (Å²) in [5, 5.41) is 14.7. The fraction of sp³-hybridized carbons (Fsp3) is 0.294. The minimum absolute atomic E-state index is 0.0334. The first-order chi connectivity index (χ1) is 12.5. The van der Waals surface area contributed by atoms with Crippen LogP contribution >= 0.6 is 0 Å². The highest BCUT2D eigenvalue weighted by Crippen LogP contribution is 2.25. The fourth-order valence-corrected chi connectivity index (χ4v) is 2.27. The van der Waals surface area contributed by atoms with Crippen LogP contribution in [0.3, 0.4) is 0 Å². The Morgan fingerprint density at radius 2 is 2.00 bits per heavy atom. The molecule has 1 amide bonds. The number of rotatable bonds is 6. The van der Waals surface area contributed by atoms with Gasteiger partial charge in [0.2, 0.25) is 0 Å². The van der Waals surface area contributed by atoms with E-state index in [1.54, 1.807) is 28.9 Å². The zero-order valence-electron chi connectivity index (χ0n) is 14.9. The van der Waals surface area contributed by atoms with Gasteiger partial charge in [-0.2, -0.15) is 5.10 Å². The Hall–Kier alpha value is -3.36. The second-order valence-corrected chi connectivity index (χ2v) is 5.71. The number of amides is 1. The number of ether oxygens (including phenoxy) is 2. The van der Waals surface area contributed by atoms with Gasteiger partial charge >= 0.3 is 6.01 Å². The van der Waals surface area contributed by atoms with Crippen LogP contribution in [0, 0.1) is 0 Å². The summed E-state index contributed by atoms with van der Waals surface area (Å²) in [6, 6.07) is 6.86. The number of nitrogens with zero attached hydrogens (tertiary/aromatic N) is 4. The summed E-state index contributed by atoms with van der Waals surface area (Å²) in [4.78, 5) is 12.5. The van der Waals surface area contributed by atoms with E-state index in [1.165, 1.54) is 14.2 Å². The Bertz CT molecular complexity index is 916. The fourth-order valence-electron chi connectivity index (χ4n) is 2.27. The van der Waals surface area contributed by atoms with Crippen molar-refractivity contribution in [2.24, 2.45) is 0 Å². The molecule has 3 rings (SSSR count). The van der Waals surface area contributed by atoms with Crippen LogP contribution in [0.1, 0.15) is 30.2 Å². The van der Waals surface area contributed by atoms with E-state index in [2.05, 4.69) is 20.6 Å². The molecule has 1 aromatic carbocycles. The van der Waals surface area contributed by atoms with E-state index in [9.17, 15) is 4.79 Å². The molecule has 0 saturated heterocycles. The molecule has 2 heterocycles. The van der Waals surface area contributed by atoms with Crippen molar-refractivity contribution < 1.29 is 18.7 Å². The van der Waals surface area contributed by atoms with Gasteiger partial charge in [-0.3, -0.25) is 14.8 Å². The van der Waals surface area contributed by atoms with E-state index in [1.807, 2.05) is 20.0 Å². The lowest BCUT2D eigenvalue weighted by molar-refractivity contribution is 0.102. The molecule has 0 spiro atoms. The van der Waals surface area contributed by atoms with Gasteiger partial charge in [0.05, 0.1) is 19.8 Å². The maximum absolute atomic E-state index is 12.5. The molecule has 0 aliphatic heterocycles. The molecule has 9 heteroatoms. The van der Waals surface area contributed by atoms with Gasteiger partial charge in [-0.1, -0.05) is 5.10 Å². The standard InChI is InChI=1S/C17H19N5O4/c1-10(2)22-8-7-13(21-22)16-19-20-17(26-16)18-15(23)12-9-11(24-3)5-6-14(12)25-4/h5-10H,1-4H3,(H,18,20,23). The molecule has 0 unspecified atom stereocenters. The average molecular weight is 357 g/mol. The molecule has 2 aromatic heterocycles. The maximum atomic E-state index is 12.5. The minimum atomic E-state index is -0.455. The number of aromatic nitrogens is 4. The van der Waals surface area contributed by atoms with Crippen LogP contribution in [0.2, 0.25) is 0 Å². The molecule has 0 aliphatic rings. The Morgan fingerprint density at radius 3 is 2.65 bits per heavy atom. The van der Waals surface area contributed by atoms with Crippen molar-refractivity contribution in [3.05, 3.63) is 36.0 Å². The first-order valence-corrected chi connectivity index (χ1v) is 7.94. The largest absolute Gasteiger partial charge is 0.497 e. The van der Waals surface area contributed by atoms with Gasteiger partial charge in [0, 0.05) is 12.2 Å². The number of benzene rings is 1. The van der Waals surface area contributed by atoms with Crippen molar-refractivity contribution >= 4 is 11.9 Å². The third-order valence-electron chi connectivity index (χ3n) is 3.65. The predicted molar refractivity (Wildman–Crippen MR) is 93.4 cm³/mol. The van der Waals surface area contributed by atoms with Crippen molar-refractivity contribution in [3.8, 4) is 23.1 Å². The van der Waals surface area contributed by atoms with Gasteiger partial charge in [-0.05, 0) is 38.1 Å². The second kappa shape index (κ2) is 7.26. The lowest BCUT2D eigenvalue weighted by Crippen LogP contribution is -2.13. The minimum Gasteiger partial charge on any atom is -0.497 e. The summed E-state index contributed by atoms with van der Waals surface area (Å²) >= 11 is 0. The number of anilines is 1. The summed E-state index contributed by atoms with van der Waals surface area (Å²) < 4.78 is 17.6. The number of hydrogen-bond donors (Lipinski definition) is 1. The zero-order chi connectivity index (χ0) is 18.7. The maximum Gasteiger partial charge on any atom is 0.322 e. The van der Waals surface area contributed by atoms with Crippen LogP contribution in [-0.4, -0.2) is 40.1 Å². The van der Waals surface area contributed by atoms with Crippen LogP contribution in [0.4, 0.5) is 6.01 Å². The third kappa shape index (κ3) is 3.51. The van der Waals surface area contributed by atoms with Gasteiger partial charge in [0.1, 0.15) is 17.2 Å². The zero-order valence-corrected chi connectivity index (χ0v) is 14.9. The molecule has 0 fully saturated rings. The highest BCUT2D eigenvalue weighted by Gasteiger charge is 2.18. The number of carbonyl (C=O) groups is 1. The van der Waals surface area contributed by atoms with Gasteiger partial charge in [0.25, 0.3) is 11.8 Å². The second-order valence-electron chi connectivity index (χ2n) is 5.71. The summed E-state index contributed by atoms with van der Waals surface area (Å²) in [5.41, 5.74) is 0.821. The Kier molecular flexibility index (Phi) is 4.87. The normalized spacial score (nSPS) is 10.8. The van der Waals surface area contributed by atoms with E-state index in [0.717, 1.165) is 0 Å². The molecule has 0 radical (unpaired) electrons. The highest BCUT2D eigenvalue weighted by molar-refractivity contribution is 6.05. The number of methoxy groups -OCH3 is 2. The highest BCUT2D eigenvalue weighted by atomic mass is 16.5. The van der Waals surface area contributed by atoms with Gasteiger partial charge in [-0.15, -0.1) is 5.10 Å². The molecule has 3 aromatic rings. The molecule has 0 aliphatic carbocycles. The molecular formula is C17H19N5O4. The third-order valence-corrected chi connectivity index (χ3v) is 3.65. The average Bonchev–Trinajstić information content (AvgIpc) is 3.30. The quantitative estimate of drug-likeness (QED) is 0.723. The van der Waals surface area contributed by atoms with E-state index in [-0.39, 0.29) is 23.5 Å². The summed E-state index contributed by atoms with van der Waals surface area (Å²) in [6.07, 6.45) is 1.82. The van der Waals surface area contributed by atoms with Crippen LogP contribution in [0.5, 0.6) is 11.5 Å². The lowest BCUT2D eigenvalue weighted by Gasteiger charge is -2.09. The van der Waals surface area contributed by atoms with Gasteiger partial charge in [-0.25, -0.2) is 0 Å². The van der Waals surface area contributed by atoms with Crippen molar-refractivity contribution in [1.82, 2.24) is 20.0 Å². The Labute approximate surface area is 149 Å². The topological polar surface area (TPSA) is 104 Å². The molecule has 26 heavy (non-hydrogen) atoms. The van der Waals surface area contributed by atoms with Crippen molar-refractivity contribution in [1.29, 1.82) is 0 Å². The Morgan fingerprint density at radius 1 is 1.19 bits per heavy atom. The first kappa shape index (κ1) is 17.5. The molecule has 9 nitrogen and oxygen atoms in total. The predicted octanol–water partition coefficient (Wildman–Crippen LogP) is 2.78. The summed E-state index contributed by atoms with van der Waals surface area (Å²) in [6.45, 7) is 4.02. The van der Waals surface area contributed by atoms with Crippen LogP contribution in [0.25, 0.3) is 11.6 Å². The van der Waals surface area contributed by atoms with E-state index in [4.69, 9.17) is 13.9 Å². The molecule has 136 valence electrons. The summed E-state index contributed by atoms with van der Waals surface area (Å²) in [5.74, 6) is 0.695. The van der Waals surface area contributed by atoms with Gasteiger partial charge in [0.15, 0.2) is 0 Å².